The maximum Gasteiger partial charge on any atom is 0.105 e. The molecule has 4 nitrogen and oxygen atoms in total. The third-order valence-electron chi connectivity index (χ3n) is 2.43. The van der Waals surface area contributed by atoms with E-state index in [-0.39, 0.29) is 11.7 Å². The molecule has 0 amide bonds. The Morgan fingerprint density at radius 1 is 1.50 bits per heavy atom. The zero-order valence-electron chi connectivity index (χ0n) is 9.66. The van der Waals surface area contributed by atoms with E-state index in [4.69, 9.17) is 9.57 Å². The van der Waals surface area contributed by atoms with Gasteiger partial charge in [-0.05, 0) is 39.3 Å². The first-order chi connectivity index (χ1) is 6.27. The topological polar surface area (TPSA) is 44.9 Å². The molecular formula is C10H20NO3. The minimum atomic E-state index is -0.431. The van der Waals surface area contributed by atoms with Gasteiger partial charge in [-0.2, -0.15) is 0 Å². The number of hydroxylamine groups is 2. The fourth-order valence-electron chi connectivity index (χ4n) is 1.31. The monoisotopic (exact) mass is 202 g/mol. The van der Waals surface area contributed by atoms with Gasteiger partial charge in [-0.25, -0.2) is 0 Å². The normalized spacial score (nSPS) is 32.4. The third-order valence-corrected chi connectivity index (χ3v) is 2.43. The van der Waals surface area contributed by atoms with Crippen molar-refractivity contribution < 1.29 is 14.8 Å². The summed E-state index contributed by atoms with van der Waals surface area (Å²) in [5, 5.41) is 12.0. The summed E-state index contributed by atoms with van der Waals surface area (Å²) >= 11 is 0. The lowest BCUT2D eigenvalue weighted by Crippen LogP contribution is -2.34. The summed E-state index contributed by atoms with van der Waals surface area (Å²) in [6.45, 7) is 9.92. The van der Waals surface area contributed by atoms with Gasteiger partial charge in [0.2, 0.25) is 0 Å². The lowest BCUT2D eigenvalue weighted by molar-refractivity contribution is -0.411. The van der Waals surface area contributed by atoms with Crippen molar-refractivity contribution >= 4 is 0 Å². The molecule has 1 saturated heterocycles. The van der Waals surface area contributed by atoms with Crippen molar-refractivity contribution in [2.75, 3.05) is 6.54 Å². The molecule has 0 aromatic rings. The van der Waals surface area contributed by atoms with Crippen LogP contribution in [0.5, 0.6) is 0 Å². The van der Waals surface area contributed by atoms with Crippen LogP contribution in [-0.2, 0) is 14.8 Å². The van der Waals surface area contributed by atoms with Crippen LogP contribution in [0.15, 0.2) is 0 Å². The molecule has 2 atom stereocenters. The first-order valence-electron chi connectivity index (χ1n) is 5.08. The molecule has 0 aromatic carbocycles. The minimum absolute atomic E-state index is 0.0207. The fraction of sp³-hybridized carbons (Fsp3) is 1.00. The van der Waals surface area contributed by atoms with E-state index in [0.29, 0.717) is 11.8 Å². The van der Waals surface area contributed by atoms with E-state index in [1.54, 1.807) is 0 Å². The highest BCUT2D eigenvalue weighted by Crippen LogP contribution is 2.39. The molecule has 2 unspecified atom stereocenters. The summed E-state index contributed by atoms with van der Waals surface area (Å²) < 4.78 is 5.42. The Kier molecular flexibility index (Phi) is 3.21. The van der Waals surface area contributed by atoms with Crippen molar-refractivity contribution in [3.8, 4) is 0 Å². The summed E-state index contributed by atoms with van der Waals surface area (Å²) in [5.74, 6) is 0. The second kappa shape index (κ2) is 3.77. The van der Waals surface area contributed by atoms with E-state index < -0.39 is 5.60 Å². The Hall–Kier alpha value is -0.160. The molecule has 0 aliphatic carbocycles. The number of ether oxygens (including phenoxy) is 1. The molecule has 1 heterocycles. The Balaban J connectivity index is 2.27. The zero-order valence-corrected chi connectivity index (χ0v) is 9.66. The van der Waals surface area contributed by atoms with Crippen LogP contribution in [0.4, 0.5) is 0 Å². The van der Waals surface area contributed by atoms with Crippen LogP contribution >= 0.6 is 0 Å². The first kappa shape index (κ1) is 11.9. The van der Waals surface area contributed by atoms with Gasteiger partial charge in [0.1, 0.15) is 6.10 Å². The lowest BCUT2D eigenvalue weighted by Gasteiger charge is -2.22. The fourth-order valence-corrected chi connectivity index (χ4v) is 1.31. The lowest BCUT2D eigenvalue weighted by atomic mass is 10.1. The van der Waals surface area contributed by atoms with Crippen molar-refractivity contribution in [1.29, 1.82) is 0 Å². The van der Waals surface area contributed by atoms with Gasteiger partial charge in [0.25, 0.3) is 0 Å². The Morgan fingerprint density at radius 2 is 2.07 bits per heavy atom. The summed E-state index contributed by atoms with van der Waals surface area (Å²) in [5.41, 5.74) is -0.539. The summed E-state index contributed by atoms with van der Waals surface area (Å²) in [6.07, 6.45) is 0.952. The van der Waals surface area contributed by atoms with Crippen molar-refractivity contribution in [2.45, 2.75) is 58.3 Å². The van der Waals surface area contributed by atoms with Crippen LogP contribution in [-0.4, -0.2) is 29.1 Å². The van der Waals surface area contributed by atoms with Crippen LogP contribution in [0.2, 0.25) is 0 Å². The second-order valence-corrected chi connectivity index (χ2v) is 4.99. The summed E-state index contributed by atoms with van der Waals surface area (Å²) in [4.78, 5) is 5.12. The molecule has 83 valence electrons. The smallest absolute Gasteiger partial charge is 0.105 e. The number of hydrogen-bond acceptors (Lipinski definition) is 3. The van der Waals surface area contributed by atoms with Gasteiger partial charge in [-0.1, -0.05) is 12.1 Å². The molecule has 1 radical (unpaired) electrons. The van der Waals surface area contributed by atoms with Crippen LogP contribution in [0.3, 0.4) is 0 Å². The van der Waals surface area contributed by atoms with Gasteiger partial charge in [0.05, 0.1) is 17.7 Å². The molecule has 0 spiro atoms. The van der Waals surface area contributed by atoms with Gasteiger partial charge in [0, 0.05) is 0 Å². The van der Waals surface area contributed by atoms with Gasteiger partial charge >= 0.3 is 0 Å². The van der Waals surface area contributed by atoms with Crippen molar-refractivity contribution in [1.82, 2.24) is 5.23 Å². The predicted molar refractivity (Wildman–Crippen MR) is 51.8 cm³/mol. The van der Waals surface area contributed by atoms with Crippen molar-refractivity contribution in [3.63, 3.8) is 0 Å². The third kappa shape index (κ3) is 3.20. The molecule has 1 aliphatic heterocycles. The van der Waals surface area contributed by atoms with Crippen LogP contribution in [0, 0.1) is 0 Å². The number of epoxide rings is 1. The van der Waals surface area contributed by atoms with Gasteiger partial charge < -0.3 is 4.74 Å². The van der Waals surface area contributed by atoms with E-state index in [0.717, 1.165) is 6.42 Å². The maximum absolute atomic E-state index is 11.3. The zero-order chi connectivity index (χ0) is 11.0. The highest BCUT2D eigenvalue weighted by Gasteiger charge is 2.51. The first-order valence-corrected chi connectivity index (χ1v) is 5.08. The predicted octanol–water partition coefficient (Wildman–Crippen LogP) is 1.93. The molecule has 1 rings (SSSR count). The minimum Gasteiger partial charge on any atom is -0.365 e. The molecular weight excluding hydrogens is 182 g/mol. The van der Waals surface area contributed by atoms with Crippen LogP contribution < -0.4 is 0 Å². The van der Waals surface area contributed by atoms with Gasteiger partial charge in [-0.3, -0.25) is 4.84 Å². The maximum atomic E-state index is 11.3. The summed E-state index contributed by atoms with van der Waals surface area (Å²) in [7, 11) is 0. The van der Waals surface area contributed by atoms with Crippen molar-refractivity contribution in [3.05, 3.63) is 0 Å². The van der Waals surface area contributed by atoms with Crippen molar-refractivity contribution in [2.24, 2.45) is 0 Å². The average molecular weight is 202 g/mol. The second-order valence-electron chi connectivity index (χ2n) is 4.99. The molecule has 1 fully saturated rings. The molecule has 0 aromatic heterocycles. The average Bonchev–Trinajstić information content (AvgIpc) is 2.58. The molecule has 0 saturated carbocycles. The Morgan fingerprint density at radius 3 is 2.43 bits per heavy atom. The molecule has 0 N–H and O–H groups in total. The molecule has 0 bridgehead atoms. The van der Waals surface area contributed by atoms with E-state index in [9.17, 15) is 5.21 Å². The van der Waals surface area contributed by atoms with Gasteiger partial charge in [-0.15, -0.1) is 0 Å². The van der Waals surface area contributed by atoms with Crippen LogP contribution in [0.1, 0.15) is 41.0 Å². The molecule has 4 heteroatoms. The van der Waals surface area contributed by atoms with E-state index in [2.05, 4.69) is 6.92 Å². The number of rotatable bonds is 4. The quantitative estimate of drug-likeness (QED) is 0.517. The van der Waals surface area contributed by atoms with E-state index >= 15 is 0 Å². The van der Waals surface area contributed by atoms with E-state index in [1.165, 1.54) is 0 Å². The Bertz CT molecular complexity index is 202. The van der Waals surface area contributed by atoms with E-state index in [1.807, 2.05) is 27.7 Å². The Labute approximate surface area is 85.7 Å². The number of nitrogens with zero attached hydrogens (tertiary/aromatic N) is 1. The standard InChI is InChI=1S/C10H20NO3/c1-6-10(5)8(13-10)7-11(12)14-9(2,3)4/h8H,6-7H2,1-5H3. The SMILES string of the molecule is CCC1(C)OC1CN([O])OC(C)(C)C. The van der Waals surface area contributed by atoms with Gasteiger partial charge in [0.15, 0.2) is 0 Å². The molecule has 14 heavy (non-hydrogen) atoms. The summed E-state index contributed by atoms with van der Waals surface area (Å²) in [6, 6.07) is 0. The largest absolute Gasteiger partial charge is 0.365 e. The highest BCUT2D eigenvalue weighted by molar-refractivity contribution is 4.98. The number of hydrogen-bond donors (Lipinski definition) is 0. The highest BCUT2D eigenvalue weighted by atomic mass is 16.9. The molecule has 1 aliphatic rings. The van der Waals surface area contributed by atoms with Crippen LogP contribution in [0.25, 0.3) is 0 Å².